The first-order valence-corrected chi connectivity index (χ1v) is 4.92. The second kappa shape index (κ2) is 5.35. The minimum atomic E-state index is -2.92. The molecule has 17 heavy (non-hydrogen) atoms. The van der Waals surface area contributed by atoms with E-state index in [1.165, 1.54) is 38.2 Å². The zero-order chi connectivity index (χ0) is 13.1. The van der Waals surface area contributed by atoms with E-state index in [0.717, 1.165) is 0 Å². The van der Waals surface area contributed by atoms with Crippen LogP contribution in [0, 0.1) is 0 Å². The number of benzene rings is 1. The molecule has 96 valence electrons. The normalized spacial score (nSPS) is 15.1. The summed E-state index contributed by atoms with van der Waals surface area (Å²) in [5.41, 5.74) is -1.21. The van der Waals surface area contributed by atoms with Gasteiger partial charge in [-0.15, -0.1) is 0 Å². The summed E-state index contributed by atoms with van der Waals surface area (Å²) in [4.78, 5) is 0. The average Bonchev–Trinajstić information content (AvgIpc) is 2.28. The van der Waals surface area contributed by atoms with Crippen LogP contribution in [0.25, 0.3) is 0 Å². The van der Waals surface area contributed by atoms with Crippen molar-refractivity contribution in [2.75, 3.05) is 7.05 Å². The van der Waals surface area contributed by atoms with Crippen LogP contribution in [0.3, 0.4) is 0 Å². The lowest BCUT2D eigenvalue weighted by Crippen LogP contribution is -2.43. The molecule has 6 heteroatoms. The maximum Gasteiger partial charge on any atom is 0.387 e. The van der Waals surface area contributed by atoms with Gasteiger partial charge in [0.05, 0.1) is 0 Å². The van der Waals surface area contributed by atoms with Gasteiger partial charge in [-0.05, 0) is 31.7 Å². The fourth-order valence-corrected chi connectivity index (χ4v) is 1.36. The van der Waals surface area contributed by atoms with Crippen LogP contribution in [0.5, 0.6) is 5.75 Å². The van der Waals surface area contributed by atoms with Gasteiger partial charge in [-0.1, -0.05) is 12.1 Å². The van der Waals surface area contributed by atoms with Crippen molar-refractivity contribution in [1.82, 2.24) is 5.32 Å². The van der Waals surface area contributed by atoms with Crippen LogP contribution in [0.15, 0.2) is 24.3 Å². The molecule has 0 spiro atoms. The van der Waals surface area contributed by atoms with Crippen molar-refractivity contribution in [3.8, 4) is 5.75 Å². The molecule has 1 unspecified atom stereocenters. The SMILES string of the molecule is CNC(C)(c1ccc(OC(F)F)cc1)C(F)F. The number of halogens is 4. The monoisotopic (exact) mass is 251 g/mol. The molecule has 1 rings (SSSR count). The van der Waals surface area contributed by atoms with Crippen molar-refractivity contribution in [2.45, 2.75) is 25.5 Å². The van der Waals surface area contributed by atoms with E-state index in [1.54, 1.807) is 0 Å². The Morgan fingerprint density at radius 1 is 1.12 bits per heavy atom. The van der Waals surface area contributed by atoms with E-state index in [2.05, 4.69) is 10.1 Å². The Labute approximate surface area is 96.6 Å². The van der Waals surface area contributed by atoms with Crippen molar-refractivity contribution >= 4 is 0 Å². The van der Waals surface area contributed by atoms with Gasteiger partial charge in [0, 0.05) is 0 Å². The summed E-state index contributed by atoms with van der Waals surface area (Å²) < 4.78 is 53.7. The van der Waals surface area contributed by atoms with E-state index in [0.29, 0.717) is 5.56 Å². The summed E-state index contributed by atoms with van der Waals surface area (Å²) >= 11 is 0. The minimum absolute atomic E-state index is 0.0588. The summed E-state index contributed by atoms with van der Waals surface area (Å²) in [7, 11) is 1.41. The number of hydrogen-bond donors (Lipinski definition) is 1. The van der Waals surface area contributed by atoms with Gasteiger partial charge in [-0.2, -0.15) is 8.78 Å². The van der Waals surface area contributed by atoms with Gasteiger partial charge in [0.1, 0.15) is 11.3 Å². The molecule has 0 saturated heterocycles. The van der Waals surface area contributed by atoms with Crippen molar-refractivity contribution in [3.05, 3.63) is 29.8 Å². The van der Waals surface area contributed by atoms with Crippen LogP contribution in [0.4, 0.5) is 17.6 Å². The highest BCUT2D eigenvalue weighted by molar-refractivity contribution is 5.32. The number of hydrogen-bond acceptors (Lipinski definition) is 2. The highest BCUT2D eigenvalue weighted by Crippen LogP contribution is 2.29. The van der Waals surface area contributed by atoms with Gasteiger partial charge >= 0.3 is 6.61 Å². The number of alkyl halides is 4. The molecule has 1 aromatic rings. The summed E-state index contributed by atoms with van der Waals surface area (Å²) in [5.74, 6) is -0.0588. The smallest absolute Gasteiger partial charge is 0.387 e. The zero-order valence-electron chi connectivity index (χ0n) is 9.38. The van der Waals surface area contributed by atoms with Crippen LogP contribution in [-0.2, 0) is 5.54 Å². The minimum Gasteiger partial charge on any atom is -0.435 e. The second-order valence-corrected chi connectivity index (χ2v) is 3.66. The Morgan fingerprint density at radius 3 is 2.00 bits per heavy atom. The van der Waals surface area contributed by atoms with Crippen molar-refractivity contribution in [1.29, 1.82) is 0 Å². The average molecular weight is 251 g/mol. The molecule has 0 saturated carbocycles. The molecule has 0 bridgehead atoms. The molecule has 0 radical (unpaired) electrons. The number of rotatable bonds is 5. The van der Waals surface area contributed by atoms with Gasteiger partial charge in [0.2, 0.25) is 0 Å². The molecule has 0 aliphatic rings. The molecular formula is C11H13F4NO. The fourth-order valence-electron chi connectivity index (χ4n) is 1.36. The topological polar surface area (TPSA) is 21.3 Å². The first-order valence-electron chi connectivity index (χ1n) is 4.92. The van der Waals surface area contributed by atoms with Crippen molar-refractivity contribution in [3.63, 3.8) is 0 Å². The molecule has 1 N–H and O–H groups in total. The van der Waals surface area contributed by atoms with E-state index in [-0.39, 0.29) is 5.75 Å². The summed E-state index contributed by atoms with van der Waals surface area (Å²) in [6.45, 7) is -1.59. The van der Waals surface area contributed by atoms with E-state index in [9.17, 15) is 17.6 Å². The third-order valence-corrected chi connectivity index (χ3v) is 2.63. The Hall–Kier alpha value is -1.30. The quantitative estimate of drug-likeness (QED) is 0.812. The first kappa shape index (κ1) is 13.8. The fraction of sp³-hybridized carbons (Fsp3) is 0.455. The maximum absolute atomic E-state index is 12.9. The zero-order valence-corrected chi connectivity index (χ0v) is 9.38. The lowest BCUT2D eigenvalue weighted by Gasteiger charge is -2.28. The Bertz CT molecular complexity index is 355. The summed E-state index contributed by atoms with van der Waals surface area (Å²) in [6.07, 6.45) is -2.62. The van der Waals surface area contributed by atoms with E-state index < -0.39 is 18.6 Å². The molecule has 0 aliphatic carbocycles. The van der Waals surface area contributed by atoms with Crippen LogP contribution < -0.4 is 10.1 Å². The van der Waals surface area contributed by atoms with Gasteiger partial charge in [-0.3, -0.25) is 0 Å². The molecule has 1 atom stereocenters. The summed E-state index contributed by atoms with van der Waals surface area (Å²) in [5, 5.41) is 2.52. The molecule has 2 nitrogen and oxygen atoms in total. The molecule has 0 aliphatic heterocycles. The van der Waals surface area contributed by atoms with Crippen LogP contribution >= 0.6 is 0 Å². The molecule has 0 heterocycles. The van der Waals surface area contributed by atoms with Gasteiger partial charge in [0.15, 0.2) is 0 Å². The number of nitrogens with one attached hydrogen (secondary N) is 1. The van der Waals surface area contributed by atoms with Crippen LogP contribution in [0.1, 0.15) is 12.5 Å². The molecular weight excluding hydrogens is 238 g/mol. The van der Waals surface area contributed by atoms with Crippen LogP contribution in [-0.4, -0.2) is 20.1 Å². The Balaban J connectivity index is 2.93. The first-order chi connectivity index (χ1) is 7.90. The lowest BCUT2D eigenvalue weighted by atomic mass is 9.93. The van der Waals surface area contributed by atoms with Gasteiger partial charge in [-0.25, -0.2) is 8.78 Å². The third kappa shape index (κ3) is 3.09. The van der Waals surface area contributed by atoms with E-state index in [4.69, 9.17) is 0 Å². The van der Waals surface area contributed by atoms with E-state index >= 15 is 0 Å². The maximum atomic E-state index is 12.9. The highest BCUT2D eigenvalue weighted by Gasteiger charge is 2.35. The van der Waals surface area contributed by atoms with E-state index in [1.807, 2.05) is 0 Å². The van der Waals surface area contributed by atoms with Gasteiger partial charge < -0.3 is 10.1 Å². The molecule has 0 amide bonds. The van der Waals surface area contributed by atoms with Crippen molar-refractivity contribution in [2.24, 2.45) is 0 Å². The Morgan fingerprint density at radius 2 is 1.65 bits per heavy atom. The number of ether oxygens (including phenoxy) is 1. The second-order valence-electron chi connectivity index (χ2n) is 3.66. The standard InChI is InChI=1S/C11H13F4NO/c1-11(16-2,9(12)13)7-3-5-8(6-4-7)17-10(14)15/h3-6,9-10,16H,1-2H3. The van der Waals surface area contributed by atoms with Crippen LogP contribution in [0.2, 0.25) is 0 Å². The largest absolute Gasteiger partial charge is 0.435 e. The molecule has 0 aromatic heterocycles. The van der Waals surface area contributed by atoms with Crippen molar-refractivity contribution < 1.29 is 22.3 Å². The Kier molecular flexibility index (Phi) is 4.34. The third-order valence-electron chi connectivity index (χ3n) is 2.63. The molecule has 0 fully saturated rings. The van der Waals surface area contributed by atoms with Gasteiger partial charge in [0.25, 0.3) is 6.43 Å². The summed E-state index contributed by atoms with van der Waals surface area (Å²) in [6, 6.07) is 5.14. The predicted octanol–water partition coefficient (Wildman–Crippen LogP) is 2.99. The lowest BCUT2D eigenvalue weighted by molar-refractivity contribution is -0.0499. The highest BCUT2D eigenvalue weighted by atomic mass is 19.3. The molecule has 1 aromatic carbocycles. The predicted molar refractivity (Wildman–Crippen MR) is 55.5 cm³/mol.